The van der Waals surface area contributed by atoms with Crippen LogP contribution < -0.4 is 4.74 Å². The summed E-state index contributed by atoms with van der Waals surface area (Å²) in [6.45, 7) is 6.85. The lowest BCUT2D eigenvalue weighted by atomic mass is 10.1. The first-order chi connectivity index (χ1) is 8.52. The van der Waals surface area contributed by atoms with Crippen molar-refractivity contribution in [2.45, 2.75) is 46.5 Å². The highest BCUT2D eigenvalue weighted by atomic mass is 16.5. The van der Waals surface area contributed by atoms with Crippen LogP contribution in [0.1, 0.15) is 42.4 Å². The Labute approximate surface area is 109 Å². The van der Waals surface area contributed by atoms with Crippen molar-refractivity contribution in [1.82, 2.24) is 0 Å². The van der Waals surface area contributed by atoms with Gasteiger partial charge in [-0.05, 0) is 56.7 Å². The molecule has 0 aliphatic carbocycles. The van der Waals surface area contributed by atoms with E-state index in [1.165, 1.54) is 11.1 Å². The van der Waals surface area contributed by atoms with Crippen LogP contribution in [-0.2, 0) is 4.79 Å². The number of carbonyl (C=O) groups is 1. The number of hydrogen-bond donors (Lipinski definition) is 1. The molecule has 1 rings (SSSR count). The SMILES string of the molecule is Cc1ccc(C)c(OCCCCCC(=O)O)c1C. The number of benzene rings is 1. The van der Waals surface area contributed by atoms with Gasteiger partial charge in [0, 0.05) is 6.42 Å². The van der Waals surface area contributed by atoms with E-state index in [0.717, 1.165) is 30.6 Å². The Hall–Kier alpha value is -1.51. The lowest BCUT2D eigenvalue weighted by Crippen LogP contribution is -2.02. The maximum Gasteiger partial charge on any atom is 0.303 e. The summed E-state index contributed by atoms with van der Waals surface area (Å²) in [6, 6.07) is 4.17. The van der Waals surface area contributed by atoms with Crippen molar-refractivity contribution < 1.29 is 14.6 Å². The normalized spacial score (nSPS) is 10.4. The third kappa shape index (κ3) is 4.40. The Morgan fingerprint density at radius 1 is 1.11 bits per heavy atom. The minimum absolute atomic E-state index is 0.252. The summed E-state index contributed by atoms with van der Waals surface area (Å²) >= 11 is 0. The summed E-state index contributed by atoms with van der Waals surface area (Å²) < 4.78 is 5.81. The van der Waals surface area contributed by atoms with Crippen molar-refractivity contribution in [1.29, 1.82) is 0 Å². The maximum absolute atomic E-state index is 10.3. The molecule has 0 saturated carbocycles. The summed E-state index contributed by atoms with van der Waals surface area (Å²) in [5.41, 5.74) is 3.59. The summed E-state index contributed by atoms with van der Waals surface area (Å²) in [5, 5.41) is 8.52. The lowest BCUT2D eigenvalue weighted by molar-refractivity contribution is -0.137. The number of unbranched alkanes of at least 4 members (excludes halogenated alkanes) is 2. The van der Waals surface area contributed by atoms with Gasteiger partial charge in [0.05, 0.1) is 6.61 Å². The third-order valence-corrected chi connectivity index (χ3v) is 3.15. The minimum atomic E-state index is -0.721. The van der Waals surface area contributed by atoms with E-state index in [-0.39, 0.29) is 6.42 Å². The number of aryl methyl sites for hydroxylation is 2. The molecule has 18 heavy (non-hydrogen) atoms. The van der Waals surface area contributed by atoms with Gasteiger partial charge in [-0.25, -0.2) is 0 Å². The van der Waals surface area contributed by atoms with Crippen LogP contribution >= 0.6 is 0 Å². The van der Waals surface area contributed by atoms with E-state index >= 15 is 0 Å². The lowest BCUT2D eigenvalue weighted by Gasteiger charge is -2.13. The van der Waals surface area contributed by atoms with Crippen molar-refractivity contribution in [2.24, 2.45) is 0 Å². The summed E-state index contributed by atoms with van der Waals surface area (Å²) in [5.74, 6) is 0.259. The molecule has 1 aromatic carbocycles. The zero-order chi connectivity index (χ0) is 13.5. The minimum Gasteiger partial charge on any atom is -0.493 e. The van der Waals surface area contributed by atoms with Crippen LogP contribution in [0.2, 0.25) is 0 Å². The highest BCUT2D eigenvalue weighted by Gasteiger charge is 2.06. The average molecular weight is 250 g/mol. The number of carboxylic acid groups (broad SMARTS) is 1. The van der Waals surface area contributed by atoms with Crippen molar-refractivity contribution in [3.8, 4) is 5.75 Å². The number of aliphatic carboxylic acids is 1. The molecule has 0 aromatic heterocycles. The fraction of sp³-hybridized carbons (Fsp3) is 0.533. The topological polar surface area (TPSA) is 46.5 Å². The van der Waals surface area contributed by atoms with Gasteiger partial charge in [0.15, 0.2) is 0 Å². The second kappa shape index (κ2) is 7.04. The van der Waals surface area contributed by atoms with Crippen molar-refractivity contribution in [3.05, 3.63) is 28.8 Å². The van der Waals surface area contributed by atoms with Gasteiger partial charge in [-0.2, -0.15) is 0 Å². The molecule has 100 valence electrons. The van der Waals surface area contributed by atoms with Gasteiger partial charge in [0.25, 0.3) is 0 Å². The van der Waals surface area contributed by atoms with E-state index in [4.69, 9.17) is 9.84 Å². The Balaban J connectivity index is 2.36. The molecule has 0 saturated heterocycles. The van der Waals surface area contributed by atoms with E-state index in [1.54, 1.807) is 0 Å². The molecular weight excluding hydrogens is 228 g/mol. The third-order valence-electron chi connectivity index (χ3n) is 3.15. The Morgan fingerprint density at radius 2 is 1.78 bits per heavy atom. The second-order valence-corrected chi connectivity index (χ2v) is 4.71. The van der Waals surface area contributed by atoms with Crippen LogP contribution in [0.3, 0.4) is 0 Å². The molecule has 1 N–H and O–H groups in total. The monoisotopic (exact) mass is 250 g/mol. The molecule has 0 unspecified atom stereocenters. The molecule has 0 aliphatic heterocycles. The fourth-order valence-electron chi connectivity index (χ4n) is 1.88. The zero-order valence-corrected chi connectivity index (χ0v) is 11.5. The van der Waals surface area contributed by atoms with Crippen molar-refractivity contribution >= 4 is 5.97 Å². The first-order valence-corrected chi connectivity index (χ1v) is 6.43. The molecule has 0 bridgehead atoms. The van der Waals surface area contributed by atoms with E-state index < -0.39 is 5.97 Å². The molecule has 0 aliphatic rings. The Kier molecular flexibility index (Phi) is 5.69. The average Bonchev–Trinajstić information content (AvgIpc) is 2.32. The molecule has 0 radical (unpaired) electrons. The van der Waals surface area contributed by atoms with E-state index in [1.807, 2.05) is 6.92 Å². The zero-order valence-electron chi connectivity index (χ0n) is 11.5. The smallest absolute Gasteiger partial charge is 0.303 e. The number of rotatable bonds is 7. The molecule has 0 amide bonds. The van der Waals surface area contributed by atoms with Crippen molar-refractivity contribution in [2.75, 3.05) is 6.61 Å². The van der Waals surface area contributed by atoms with Gasteiger partial charge in [0.1, 0.15) is 5.75 Å². The predicted molar refractivity (Wildman–Crippen MR) is 72.3 cm³/mol. The van der Waals surface area contributed by atoms with Gasteiger partial charge >= 0.3 is 5.97 Å². The standard InChI is InChI=1S/C15H22O3/c1-11-8-9-12(2)15(13(11)3)18-10-6-4-5-7-14(16)17/h8-9H,4-7,10H2,1-3H3,(H,16,17). The van der Waals surface area contributed by atoms with Gasteiger partial charge in [-0.1, -0.05) is 12.1 Å². The number of carboxylic acids is 1. The molecule has 1 aromatic rings. The summed E-state index contributed by atoms with van der Waals surface area (Å²) in [6.07, 6.45) is 2.78. The predicted octanol–water partition coefficient (Wildman–Crippen LogP) is 3.64. The molecule has 0 atom stereocenters. The molecule has 0 fully saturated rings. The van der Waals surface area contributed by atoms with E-state index in [2.05, 4.69) is 26.0 Å². The summed E-state index contributed by atoms with van der Waals surface area (Å²) in [4.78, 5) is 10.3. The van der Waals surface area contributed by atoms with Gasteiger partial charge < -0.3 is 9.84 Å². The van der Waals surface area contributed by atoms with Gasteiger partial charge in [-0.3, -0.25) is 4.79 Å². The van der Waals surface area contributed by atoms with E-state index in [9.17, 15) is 4.79 Å². The molecule has 0 spiro atoms. The van der Waals surface area contributed by atoms with Crippen molar-refractivity contribution in [3.63, 3.8) is 0 Å². The van der Waals surface area contributed by atoms with Crippen LogP contribution in [0.25, 0.3) is 0 Å². The maximum atomic E-state index is 10.3. The Morgan fingerprint density at radius 3 is 2.44 bits per heavy atom. The fourth-order valence-corrected chi connectivity index (χ4v) is 1.88. The molecule has 0 heterocycles. The Bertz CT molecular complexity index is 410. The number of ether oxygens (including phenoxy) is 1. The van der Waals surface area contributed by atoms with Crippen LogP contribution in [0, 0.1) is 20.8 Å². The van der Waals surface area contributed by atoms with E-state index in [0.29, 0.717) is 6.61 Å². The molecular formula is C15H22O3. The van der Waals surface area contributed by atoms with Crippen LogP contribution in [-0.4, -0.2) is 17.7 Å². The van der Waals surface area contributed by atoms with Gasteiger partial charge in [0.2, 0.25) is 0 Å². The number of hydrogen-bond acceptors (Lipinski definition) is 2. The largest absolute Gasteiger partial charge is 0.493 e. The second-order valence-electron chi connectivity index (χ2n) is 4.71. The molecule has 3 nitrogen and oxygen atoms in total. The van der Waals surface area contributed by atoms with Crippen LogP contribution in [0.5, 0.6) is 5.75 Å². The van der Waals surface area contributed by atoms with Gasteiger partial charge in [-0.15, -0.1) is 0 Å². The first kappa shape index (κ1) is 14.6. The quantitative estimate of drug-likeness (QED) is 0.751. The molecule has 3 heteroatoms. The first-order valence-electron chi connectivity index (χ1n) is 6.43. The highest BCUT2D eigenvalue weighted by Crippen LogP contribution is 2.25. The summed E-state index contributed by atoms with van der Waals surface area (Å²) in [7, 11) is 0. The van der Waals surface area contributed by atoms with Crippen LogP contribution in [0.4, 0.5) is 0 Å². The highest BCUT2D eigenvalue weighted by molar-refractivity contribution is 5.66. The van der Waals surface area contributed by atoms with Crippen LogP contribution in [0.15, 0.2) is 12.1 Å².